The van der Waals surface area contributed by atoms with Crippen LogP contribution in [0, 0.1) is 5.82 Å². The fourth-order valence-corrected chi connectivity index (χ4v) is 2.51. The zero-order chi connectivity index (χ0) is 16.3. The van der Waals surface area contributed by atoms with Gasteiger partial charge in [0.25, 0.3) is 0 Å². The van der Waals surface area contributed by atoms with Crippen molar-refractivity contribution in [2.45, 2.75) is 13.0 Å². The van der Waals surface area contributed by atoms with E-state index in [0.29, 0.717) is 21.9 Å². The Balaban J connectivity index is 2.50. The zero-order valence-corrected chi connectivity index (χ0v) is 13.2. The smallest absolute Gasteiger partial charge is 0.338 e. The summed E-state index contributed by atoms with van der Waals surface area (Å²) in [5.41, 5.74) is 1.32. The first-order chi connectivity index (χ1) is 10.5. The number of nitrogens with one attached hydrogen (secondary N) is 1. The molecule has 0 aliphatic carbocycles. The van der Waals surface area contributed by atoms with E-state index in [-0.39, 0.29) is 6.61 Å². The highest BCUT2D eigenvalue weighted by Crippen LogP contribution is 2.31. The van der Waals surface area contributed by atoms with Crippen molar-refractivity contribution in [1.29, 1.82) is 0 Å². The molecule has 1 aliphatic rings. The van der Waals surface area contributed by atoms with Crippen LogP contribution in [0.4, 0.5) is 4.39 Å². The maximum absolute atomic E-state index is 14.1. The number of thiocarbonyl (C=S) groups is 1. The van der Waals surface area contributed by atoms with Crippen LogP contribution in [0.3, 0.4) is 0 Å². The molecule has 1 aliphatic heterocycles. The van der Waals surface area contributed by atoms with Gasteiger partial charge in [-0.15, -0.1) is 0 Å². The van der Waals surface area contributed by atoms with E-state index in [1.54, 1.807) is 37.1 Å². The number of rotatable bonds is 4. The summed E-state index contributed by atoms with van der Waals surface area (Å²) >= 11 is 5.24. The normalized spacial score (nSPS) is 18.0. The number of allylic oxidation sites excluding steroid dienone is 1. The Hall–Kier alpha value is -2.21. The molecule has 0 bridgehead atoms. The maximum Gasteiger partial charge on any atom is 0.338 e. The van der Waals surface area contributed by atoms with Crippen LogP contribution in [0.1, 0.15) is 18.5 Å². The molecular formula is C16H17FN2O2S. The second-order valence-electron chi connectivity index (χ2n) is 4.85. The molecule has 0 saturated carbocycles. The number of ether oxygens (including phenoxy) is 1. The lowest BCUT2D eigenvalue weighted by molar-refractivity contribution is -0.138. The number of carbonyl (C=O) groups is 1. The molecule has 2 rings (SSSR count). The van der Waals surface area contributed by atoms with Gasteiger partial charge in [-0.2, -0.15) is 0 Å². The number of esters is 1. The summed E-state index contributed by atoms with van der Waals surface area (Å²) in [6.07, 6.45) is 1.48. The fraction of sp³-hybridized carbons (Fsp3) is 0.250. The quantitative estimate of drug-likeness (QED) is 0.525. The summed E-state index contributed by atoms with van der Waals surface area (Å²) in [4.78, 5) is 14.0. The third-order valence-corrected chi connectivity index (χ3v) is 3.91. The summed E-state index contributed by atoms with van der Waals surface area (Å²) in [5.74, 6) is -0.929. The van der Waals surface area contributed by atoms with Crippen LogP contribution < -0.4 is 5.32 Å². The van der Waals surface area contributed by atoms with E-state index < -0.39 is 17.8 Å². The van der Waals surface area contributed by atoms with Crippen LogP contribution >= 0.6 is 12.2 Å². The molecule has 22 heavy (non-hydrogen) atoms. The summed E-state index contributed by atoms with van der Waals surface area (Å²) in [6, 6.07) is 5.60. The average molecular weight is 320 g/mol. The second kappa shape index (κ2) is 6.70. The average Bonchev–Trinajstić information content (AvgIpc) is 2.50. The molecule has 0 aromatic heterocycles. The zero-order valence-electron chi connectivity index (χ0n) is 12.4. The second-order valence-corrected chi connectivity index (χ2v) is 5.24. The molecule has 4 nitrogen and oxygen atoms in total. The largest absolute Gasteiger partial charge is 0.458 e. The standard InChI is InChI=1S/C16H17FN2O2S/c1-4-9-21-15(20)13-10(2)19(3)16(22)18-14(13)11-7-5-6-8-12(11)17/h4-8,14H,1,9H2,2-3H3,(H,18,22). The van der Waals surface area contributed by atoms with Gasteiger partial charge in [0.2, 0.25) is 0 Å². The summed E-state index contributed by atoms with van der Waals surface area (Å²) in [5, 5.41) is 3.42. The van der Waals surface area contributed by atoms with Crippen LogP contribution in [0.25, 0.3) is 0 Å². The number of hydrogen-bond donors (Lipinski definition) is 1. The van der Waals surface area contributed by atoms with Crippen molar-refractivity contribution < 1.29 is 13.9 Å². The van der Waals surface area contributed by atoms with Crippen molar-refractivity contribution in [2.75, 3.05) is 13.7 Å². The van der Waals surface area contributed by atoms with Crippen LogP contribution in [-0.4, -0.2) is 29.6 Å². The van der Waals surface area contributed by atoms with E-state index in [4.69, 9.17) is 17.0 Å². The van der Waals surface area contributed by atoms with Crippen LogP contribution in [0.5, 0.6) is 0 Å². The van der Waals surface area contributed by atoms with Gasteiger partial charge < -0.3 is 15.0 Å². The van der Waals surface area contributed by atoms with Gasteiger partial charge in [0.1, 0.15) is 12.4 Å². The van der Waals surface area contributed by atoms with E-state index in [2.05, 4.69) is 11.9 Å². The van der Waals surface area contributed by atoms with Crippen molar-refractivity contribution >= 4 is 23.3 Å². The number of nitrogens with zero attached hydrogens (tertiary/aromatic N) is 1. The molecule has 0 amide bonds. The molecule has 116 valence electrons. The van der Waals surface area contributed by atoms with E-state index in [1.807, 2.05) is 0 Å². The van der Waals surface area contributed by atoms with Gasteiger partial charge in [-0.25, -0.2) is 9.18 Å². The number of benzene rings is 1. The Morgan fingerprint density at radius 2 is 2.23 bits per heavy atom. The van der Waals surface area contributed by atoms with Gasteiger partial charge in [-0.3, -0.25) is 0 Å². The van der Waals surface area contributed by atoms with Gasteiger partial charge in [-0.05, 0) is 25.2 Å². The number of halogens is 1. The Morgan fingerprint density at radius 3 is 2.86 bits per heavy atom. The lowest BCUT2D eigenvalue weighted by Crippen LogP contribution is -2.46. The number of hydrogen-bond acceptors (Lipinski definition) is 3. The Bertz CT molecular complexity index is 657. The first kappa shape index (κ1) is 16.2. The molecule has 0 saturated heterocycles. The first-order valence-electron chi connectivity index (χ1n) is 6.74. The third kappa shape index (κ3) is 3.01. The molecule has 1 unspecified atom stereocenters. The molecule has 0 fully saturated rings. The molecule has 1 heterocycles. The van der Waals surface area contributed by atoms with Gasteiger partial charge >= 0.3 is 5.97 Å². The van der Waals surface area contributed by atoms with Crippen molar-refractivity contribution in [2.24, 2.45) is 0 Å². The van der Waals surface area contributed by atoms with Crippen molar-refractivity contribution in [1.82, 2.24) is 10.2 Å². The van der Waals surface area contributed by atoms with Crippen molar-refractivity contribution in [3.63, 3.8) is 0 Å². The maximum atomic E-state index is 14.1. The molecule has 1 atom stereocenters. The number of carbonyl (C=O) groups excluding carboxylic acids is 1. The highest BCUT2D eigenvalue weighted by molar-refractivity contribution is 7.80. The minimum Gasteiger partial charge on any atom is -0.458 e. The lowest BCUT2D eigenvalue weighted by atomic mass is 9.95. The molecule has 0 spiro atoms. The topological polar surface area (TPSA) is 41.6 Å². The van der Waals surface area contributed by atoms with E-state index >= 15 is 0 Å². The van der Waals surface area contributed by atoms with Gasteiger partial charge in [-0.1, -0.05) is 30.9 Å². The Labute approximate surface area is 134 Å². The first-order valence-corrected chi connectivity index (χ1v) is 7.15. The van der Waals surface area contributed by atoms with E-state index in [1.165, 1.54) is 12.1 Å². The molecule has 1 N–H and O–H groups in total. The van der Waals surface area contributed by atoms with Crippen LogP contribution in [-0.2, 0) is 9.53 Å². The highest BCUT2D eigenvalue weighted by Gasteiger charge is 2.34. The lowest BCUT2D eigenvalue weighted by Gasteiger charge is -2.35. The molecular weight excluding hydrogens is 303 g/mol. The molecule has 1 aromatic rings. The SMILES string of the molecule is C=CCOC(=O)C1=C(C)N(C)C(=S)NC1c1ccccc1F. The van der Waals surface area contributed by atoms with Gasteiger partial charge in [0.05, 0.1) is 11.6 Å². The van der Waals surface area contributed by atoms with Gasteiger partial charge in [0.15, 0.2) is 5.11 Å². The van der Waals surface area contributed by atoms with Crippen LogP contribution in [0.2, 0.25) is 0 Å². The van der Waals surface area contributed by atoms with Gasteiger partial charge in [0, 0.05) is 18.3 Å². The van der Waals surface area contributed by atoms with E-state index in [9.17, 15) is 9.18 Å². The minimum atomic E-state index is -0.679. The molecule has 1 aromatic carbocycles. The minimum absolute atomic E-state index is 0.0910. The van der Waals surface area contributed by atoms with Crippen molar-refractivity contribution in [3.05, 3.63) is 59.6 Å². The summed E-state index contributed by atoms with van der Waals surface area (Å²) in [7, 11) is 1.74. The van der Waals surface area contributed by atoms with E-state index in [0.717, 1.165) is 0 Å². The molecule has 6 heteroatoms. The predicted octanol–water partition coefficient (Wildman–Crippen LogP) is 2.69. The monoisotopic (exact) mass is 320 g/mol. The van der Waals surface area contributed by atoms with Crippen molar-refractivity contribution in [3.8, 4) is 0 Å². The fourth-order valence-electron chi connectivity index (χ4n) is 2.25. The van der Waals surface area contributed by atoms with Crippen LogP contribution in [0.15, 0.2) is 48.2 Å². The summed E-state index contributed by atoms with van der Waals surface area (Å²) in [6.45, 7) is 5.36. The Morgan fingerprint density at radius 1 is 1.55 bits per heavy atom. The Kier molecular flexibility index (Phi) is 4.92. The third-order valence-electron chi connectivity index (χ3n) is 3.52. The predicted molar refractivity (Wildman–Crippen MR) is 86.5 cm³/mol. The highest BCUT2D eigenvalue weighted by atomic mass is 32.1. The summed E-state index contributed by atoms with van der Waals surface area (Å²) < 4.78 is 19.3. The molecule has 0 radical (unpaired) electrons.